The lowest BCUT2D eigenvalue weighted by Gasteiger charge is -2.31. The molecule has 132 valence electrons. The van der Waals surface area contributed by atoms with Gasteiger partial charge in [0.1, 0.15) is 6.61 Å². The zero-order valence-electron chi connectivity index (χ0n) is 14.4. The second-order valence-electron chi connectivity index (χ2n) is 6.97. The third-order valence-electron chi connectivity index (χ3n) is 5.63. The first-order valence-corrected chi connectivity index (χ1v) is 8.83. The maximum Gasteiger partial charge on any atom is 0.343 e. The summed E-state index contributed by atoms with van der Waals surface area (Å²) in [6.07, 6.45) is 0.216. The number of rotatable bonds is 1. The van der Waals surface area contributed by atoms with Crippen LogP contribution in [0, 0.1) is 0 Å². The van der Waals surface area contributed by atoms with Crippen molar-refractivity contribution in [1.82, 2.24) is 19.6 Å². The molecule has 6 rings (SSSR count). The number of ether oxygens (including phenoxy) is 1. The van der Waals surface area contributed by atoms with E-state index in [2.05, 4.69) is 16.3 Å². The quantitative estimate of drug-likeness (QED) is 0.463. The summed E-state index contributed by atoms with van der Waals surface area (Å²) >= 11 is 0. The highest BCUT2D eigenvalue weighted by Crippen LogP contribution is 2.40. The molecule has 0 radical (unpaired) electrons. The van der Waals surface area contributed by atoms with Crippen LogP contribution in [0.5, 0.6) is 0 Å². The van der Waals surface area contributed by atoms with Gasteiger partial charge in [-0.25, -0.2) is 9.78 Å². The van der Waals surface area contributed by atoms with E-state index in [1.54, 1.807) is 6.92 Å². The highest BCUT2D eigenvalue weighted by Gasteiger charge is 2.44. The topological polar surface area (TPSA) is 89.6 Å². The summed E-state index contributed by atoms with van der Waals surface area (Å²) in [5, 5.41) is 21.6. The molecule has 27 heavy (non-hydrogen) atoms. The van der Waals surface area contributed by atoms with E-state index >= 15 is 0 Å². The van der Waals surface area contributed by atoms with Crippen molar-refractivity contribution in [2.24, 2.45) is 0 Å². The van der Waals surface area contributed by atoms with Crippen molar-refractivity contribution in [2.45, 2.75) is 25.6 Å². The molecule has 0 bridgehead atoms. The molecule has 1 aliphatic rings. The van der Waals surface area contributed by atoms with E-state index in [4.69, 9.17) is 9.72 Å². The van der Waals surface area contributed by atoms with Gasteiger partial charge in [-0.2, -0.15) is 0 Å². The van der Waals surface area contributed by atoms with Gasteiger partial charge < -0.3 is 9.84 Å². The number of fused-ring (bicyclic) bond motifs is 6. The highest BCUT2D eigenvalue weighted by atomic mass is 16.6. The van der Waals surface area contributed by atoms with Gasteiger partial charge in [0.15, 0.2) is 16.9 Å². The van der Waals surface area contributed by atoms with E-state index in [0.717, 1.165) is 27.3 Å². The maximum absolute atomic E-state index is 12.3. The first-order chi connectivity index (χ1) is 13.1. The lowest BCUT2D eigenvalue weighted by molar-refractivity contribution is -0.172. The number of para-hydroxylation sites is 1. The molecule has 0 fully saturated rings. The Morgan fingerprint density at radius 2 is 2.04 bits per heavy atom. The third-order valence-corrected chi connectivity index (χ3v) is 5.63. The summed E-state index contributed by atoms with van der Waals surface area (Å²) in [4.78, 5) is 17.1. The van der Waals surface area contributed by atoms with Gasteiger partial charge in [0.25, 0.3) is 0 Å². The first kappa shape index (κ1) is 14.8. The normalized spacial score (nSPS) is 20.0. The number of nitrogens with zero attached hydrogens (tertiary/aromatic N) is 4. The number of aromatic nitrogens is 4. The average Bonchev–Trinajstić information content (AvgIpc) is 3.26. The number of hydrogen-bond donors (Lipinski definition) is 1. The minimum absolute atomic E-state index is 0.0736. The van der Waals surface area contributed by atoms with Crippen molar-refractivity contribution in [3.05, 3.63) is 47.5 Å². The Morgan fingerprint density at radius 1 is 1.22 bits per heavy atom. The van der Waals surface area contributed by atoms with Crippen LogP contribution in [0.2, 0.25) is 0 Å². The van der Waals surface area contributed by atoms with Crippen molar-refractivity contribution < 1.29 is 14.6 Å². The summed E-state index contributed by atoms with van der Waals surface area (Å²) < 4.78 is 7.18. The summed E-state index contributed by atoms with van der Waals surface area (Å²) in [5.41, 5.74) is 3.30. The maximum atomic E-state index is 12.3. The summed E-state index contributed by atoms with van der Waals surface area (Å²) in [5.74, 6) is -0.626. The Bertz CT molecular complexity index is 1410. The number of benzene rings is 1. The molecule has 0 saturated heterocycles. The van der Waals surface area contributed by atoms with Gasteiger partial charge in [-0.3, -0.25) is 4.40 Å². The fraction of sp³-hybridized carbons (Fsp3) is 0.200. The van der Waals surface area contributed by atoms with E-state index in [0.29, 0.717) is 22.4 Å². The number of aliphatic hydroxyl groups is 1. The van der Waals surface area contributed by atoms with Gasteiger partial charge >= 0.3 is 5.97 Å². The Kier molecular flexibility index (Phi) is 2.57. The molecule has 7 nitrogen and oxygen atoms in total. The number of pyridine rings is 2. The lowest BCUT2D eigenvalue weighted by Crippen LogP contribution is -2.41. The van der Waals surface area contributed by atoms with Crippen LogP contribution in [0.4, 0.5) is 0 Å². The van der Waals surface area contributed by atoms with Crippen LogP contribution in [0.15, 0.2) is 36.4 Å². The van der Waals surface area contributed by atoms with E-state index < -0.39 is 11.6 Å². The van der Waals surface area contributed by atoms with Crippen LogP contribution in [-0.2, 0) is 21.7 Å². The van der Waals surface area contributed by atoms with E-state index in [-0.39, 0.29) is 13.0 Å². The van der Waals surface area contributed by atoms with Gasteiger partial charge in [0.2, 0.25) is 0 Å². The number of esters is 1. The molecule has 0 aliphatic carbocycles. The van der Waals surface area contributed by atoms with E-state index in [1.165, 1.54) is 0 Å². The Balaban J connectivity index is 1.83. The molecule has 0 unspecified atom stereocenters. The largest absolute Gasteiger partial charge is 0.458 e. The highest BCUT2D eigenvalue weighted by molar-refractivity contribution is 6.10. The van der Waals surface area contributed by atoms with Gasteiger partial charge in [0, 0.05) is 21.9 Å². The fourth-order valence-electron chi connectivity index (χ4n) is 4.16. The molecule has 1 aromatic carbocycles. The third kappa shape index (κ3) is 1.65. The molecule has 5 aromatic rings. The summed E-state index contributed by atoms with van der Waals surface area (Å²) in [7, 11) is 0. The van der Waals surface area contributed by atoms with E-state index in [9.17, 15) is 9.90 Å². The van der Waals surface area contributed by atoms with Gasteiger partial charge in [-0.05, 0) is 24.6 Å². The van der Waals surface area contributed by atoms with Crippen molar-refractivity contribution in [1.29, 1.82) is 0 Å². The number of cyclic esters (lactones) is 1. The molecule has 5 heterocycles. The zero-order valence-corrected chi connectivity index (χ0v) is 14.4. The zero-order chi connectivity index (χ0) is 18.3. The second kappa shape index (κ2) is 4.69. The minimum atomic E-state index is -1.68. The molecule has 0 amide bonds. The number of carbonyl (C=O) groups excluding carboxylic acids is 1. The molecular weight excluding hydrogens is 344 g/mol. The van der Waals surface area contributed by atoms with Crippen molar-refractivity contribution >= 4 is 44.6 Å². The lowest BCUT2D eigenvalue weighted by atomic mass is 9.86. The molecule has 0 saturated carbocycles. The molecular formula is C20H14N4O3. The predicted molar refractivity (Wildman–Crippen MR) is 98.5 cm³/mol. The molecule has 7 heteroatoms. The summed E-state index contributed by atoms with van der Waals surface area (Å²) in [6, 6.07) is 11.8. The SMILES string of the molecule is CC[C@@]1(O)C(=O)OCc2c1cc1c3nc4ccccc4cc3c3nnc2n13. The number of carbonyl (C=O) groups is 1. The molecule has 1 atom stereocenters. The summed E-state index contributed by atoms with van der Waals surface area (Å²) in [6.45, 7) is 1.83. The van der Waals surface area contributed by atoms with Gasteiger partial charge in [0.05, 0.1) is 16.6 Å². The second-order valence-corrected chi connectivity index (χ2v) is 6.97. The van der Waals surface area contributed by atoms with Crippen LogP contribution in [-0.4, -0.2) is 30.7 Å². The predicted octanol–water partition coefficient (Wildman–Crippen LogP) is 2.68. The monoisotopic (exact) mass is 358 g/mol. The van der Waals surface area contributed by atoms with Crippen LogP contribution in [0.3, 0.4) is 0 Å². The molecule has 4 aromatic heterocycles. The van der Waals surface area contributed by atoms with Crippen LogP contribution in [0.1, 0.15) is 24.5 Å². The minimum Gasteiger partial charge on any atom is -0.458 e. The Labute approximate surface area is 152 Å². The van der Waals surface area contributed by atoms with Crippen molar-refractivity contribution in [2.75, 3.05) is 0 Å². The van der Waals surface area contributed by atoms with Crippen molar-refractivity contribution in [3.63, 3.8) is 0 Å². The average molecular weight is 358 g/mol. The fourth-order valence-corrected chi connectivity index (χ4v) is 4.16. The Hall–Kier alpha value is -3.32. The van der Waals surface area contributed by atoms with Crippen LogP contribution >= 0.6 is 0 Å². The Morgan fingerprint density at radius 3 is 2.89 bits per heavy atom. The first-order valence-electron chi connectivity index (χ1n) is 8.83. The van der Waals surface area contributed by atoms with Crippen LogP contribution in [0.25, 0.3) is 38.6 Å². The van der Waals surface area contributed by atoms with Crippen LogP contribution < -0.4 is 0 Å². The smallest absolute Gasteiger partial charge is 0.343 e. The van der Waals surface area contributed by atoms with E-state index in [1.807, 2.05) is 34.7 Å². The van der Waals surface area contributed by atoms with Gasteiger partial charge in [-0.1, -0.05) is 25.1 Å². The molecule has 1 aliphatic heterocycles. The number of hydrogen-bond acceptors (Lipinski definition) is 6. The molecule has 0 spiro atoms. The molecule has 1 N–H and O–H groups in total. The van der Waals surface area contributed by atoms with Gasteiger partial charge in [-0.15, -0.1) is 10.2 Å². The standard InChI is InChI=1S/C20H14N4O3/c1-2-20(26)13-8-15-16-11(7-10-5-3-4-6-14(10)21-16)17-22-23-18(24(15)17)12(13)9-27-19(20)25/h3-8,26H,2,9H2,1H3/t20-/m0/s1. The van der Waals surface area contributed by atoms with Crippen molar-refractivity contribution in [3.8, 4) is 0 Å².